The minimum atomic E-state index is -0.398. The zero-order chi connectivity index (χ0) is 25.3. The van der Waals surface area contributed by atoms with Crippen LogP contribution >= 0.6 is 0 Å². The van der Waals surface area contributed by atoms with Gasteiger partial charge < -0.3 is 23.5 Å². The molecule has 0 bridgehead atoms. The average Bonchev–Trinajstić information content (AvgIpc) is 3.40. The lowest BCUT2D eigenvalue weighted by atomic mass is 9.96. The number of aromatic nitrogens is 2. The Morgan fingerprint density at radius 3 is 2.56 bits per heavy atom. The molecule has 0 atom stereocenters. The number of nitrogens with zero attached hydrogens (tertiary/aromatic N) is 3. The molecule has 1 fully saturated rings. The fourth-order valence-electron chi connectivity index (χ4n) is 4.21. The molecule has 0 spiro atoms. The summed E-state index contributed by atoms with van der Waals surface area (Å²) in [6.07, 6.45) is 4.95. The van der Waals surface area contributed by atoms with Crippen LogP contribution in [0.3, 0.4) is 0 Å². The van der Waals surface area contributed by atoms with E-state index in [1.807, 2.05) is 36.4 Å². The third-order valence-corrected chi connectivity index (χ3v) is 6.17. The Labute approximate surface area is 210 Å². The molecule has 1 aliphatic rings. The van der Waals surface area contributed by atoms with Crippen LogP contribution in [0.15, 0.2) is 53.1 Å². The number of esters is 1. The summed E-state index contributed by atoms with van der Waals surface area (Å²) in [4.78, 5) is 18.2. The van der Waals surface area contributed by atoms with Crippen molar-refractivity contribution in [3.8, 4) is 17.2 Å². The zero-order valence-corrected chi connectivity index (χ0v) is 20.8. The van der Waals surface area contributed by atoms with E-state index in [1.54, 1.807) is 20.3 Å². The molecule has 0 amide bonds. The van der Waals surface area contributed by atoms with Crippen LogP contribution < -0.4 is 14.2 Å². The Morgan fingerprint density at radius 1 is 1.08 bits per heavy atom. The summed E-state index contributed by atoms with van der Waals surface area (Å²) in [6, 6.07) is 13.3. The van der Waals surface area contributed by atoms with Gasteiger partial charge in [-0.05, 0) is 55.8 Å². The van der Waals surface area contributed by atoms with Crippen LogP contribution in [0.4, 0.5) is 0 Å². The second-order valence-corrected chi connectivity index (χ2v) is 8.46. The topological polar surface area (TPSA) is 96.2 Å². The summed E-state index contributed by atoms with van der Waals surface area (Å²) in [5.41, 5.74) is 1.98. The van der Waals surface area contributed by atoms with Crippen molar-refractivity contribution in [2.45, 2.75) is 31.9 Å². The van der Waals surface area contributed by atoms with Crippen LogP contribution in [0.5, 0.6) is 17.2 Å². The smallest absolute Gasteiger partial charge is 0.330 e. The van der Waals surface area contributed by atoms with Crippen molar-refractivity contribution in [1.82, 2.24) is 15.0 Å². The van der Waals surface area contributed by atoms with Gasteiger partial charge in [-0.15, -0.1) is 0 Å². The van der Waals surface area contributed by atoms with E-state index in [0.29, 0.717) is 11.6 Å². The molecule has 1 saturated heterocycles. The number of benzene rings is 2. The molecule has 1 aliphatic heterocycles. The van der Waals surface area contributed by atoms with Gasteiger partial charge in [0.2, 0.25) is 0 Å². The molecule has 0 unspecified atom stereocenters. The van der Waals surface area contributed by atoms with Gasteiger partial charge in [0.05, 0.1) is 21.3 Å². The first-order chi connectivity index (χ1) is 17.6. The number of carbonyl (C=O) groups excluding carboxylic acids is 1. The lowest BCUT2D eigenvalue weighted by Gasteiger charge is -2.31. The third kappa shape index (κ3) is 6.42. The Morgan fingerprint density at radius 2 is 1.86 bits per heavy atom. The second-order valence-electron chi connectivity index (χ2n) is 8.46. The number of rotatable bonds is 10. The van der Waals surface area contributed by atoms with E-state index in [2.05, 4.69) is 25.8 Å². The Kier molecular flexibility index (Phi) is 8.57. The maximum absolute atomic E-state index is 11.2. The maximum Gasteiger partial charge on any atom is 0.330 e. The van der Waals surface area contributed by atoms with Crippen LogP contribution in [0.25, 0.3) is 6.08 Å². The molecule has 1 aromatic heterocycles. The number of hydrogen-bond donors (Lipinski definition) is 0. The van der Waals surface area contributed by atoms with Crippen LogP contribution in [-0.2, 0) is 22.7 Å². The second kappa shape index (κ2) is 12.2. The predicted molar refractivity (Wildman–Crippen MR) is 133 cm³/mol. The fourth-order valence-corrected chi connectivity index (χ4v) is 4.21. The quantitative estimate of drug-likeness (QED) is 0.304. The molecule has 4 rings (SSSR count). The van der Waals surface area contributed by atoms with Gasteiger partial charge in [-0.3, -0.25) is 4.90 Å². The molecule has 9 nitrogen and oxygen atoms in total. The van der Waals surface area contributed by atoms with E-state index in [0.717, 1.165) is 60.9 Å². The Bertz CT molecular complexity index is 1170. The first-order valence-corrected chi connectivity index (χ1v) is 11.8. The minimum Gasteiger partial charge on any atom is -0.493 e. The summed E-state index contributed by atoms with van der Waals surface area (Å²) in [6.45, 7) is 2.86. The summed E-state index contributed by atoms with van der Waals surface area (Å²) < 4.78 is 26.8. The number of para-hydroxylation sites is 1. The first kappa shape index (κ1) is 25.2. The maximum atomic E-state index is 11.2. The summed E-state index contributed by atoms with van der Waals surface area (Å²) in [5.74, 6) is 3.25. The number of methoxy groups -OCH3 is 3. The molecule has 0 aliphatic carbocycles. The minimum absolute atomic E-state index is 0.193. The number of piperidine rings is 1. The molecule has 0 saturated carbocycles. The van der Waals surface area contributed by atoms with E-state index in [-0.39, 0.29) is 12.5 Å². The first-order valence-electron chi connectivity index (χ1n) is 11.8. The number of likely N-dealkylation sites (tertiary alicyclic amines) is 1. The molecule has 0 N–H and O–H groups in total. The highest BCUT2D eigenvalue weighted by molar-refractivity contribution is 5.86. The zero-order valence-electron chi connectivity index (χ0n) is 20.8. The van der Waals surface area contributed by atoms with Crippen LogP contribution in [0.2, 0.25) is 0 Å². The monoisotopic (exact) mass is 493 g/mol. The van der Waals surface area contributed by atoms with Gasteiger partial charge in [-0.1, -0.05) is 29.4 Å². The largest absolute Gasteiger partial charge is 0.493 e. The summed E-state index contributed by atoms with van der Waals surface area (Å²) >= 11 is 0. The normalized spacial score (nSPS) is 14.6. The van der Waals surface area contributed by atoms with Crippen molar-refractivity contribution in [1.29, 1.82) is 0 Å². The molecule has 190 valence electrons. The highest BCUT2D eigenvalue weighted by atomic mass is 16.5. The van der Waals surface area contributed by atoms with Crippen molar-refractivity contribution in [2.75, 3.05) is 34.4 Å². The van der Waals surface area contributed by atoms with Crippen LogP contribution in [0, 0.1) is 0 Å². The van der Waals surface area contributed by atoms with Crippen molar-refractivity contribution in [2.24, 2.45) is 0 Å². The predicted octanol–water partition coefficient (Wildman–Crippen LogP) is 4.23. The van der Waals surface area contributed by atoms with Gasteiger partial charge in [-0.2, -0.15) is 4.98 Å². The van der Waals surface area contributed by atoms with E-state index in [9.17, 15) is 4.79 Å². The van der Waals surface area contributed by atoms with E-state index >= 15 is 0 Å². The average molecular weight is 494 g/mol. The molecular weight excluding hydrogens is 462 g/mol. The lowest BCUT2D eigenvalue weighted by molar-refractivity contribution is -0.134. The standard InChI is InChI=1S/C27H31N3O6/c1-32-23-6-4-5-21(26(23)34-3)17-30-15-13-20(14-16-30)27-28-24(36-29-27)18-35-22-10-7-19(8-11-22)9-12-25(31)33-2/h4-12,20H,13-18H2,1-3H3. The Balaban J connectivity index is 1.26. The van der Waals surface area contributed by atoms with Crippen LogP contribution in [0.1, 0.15) is 41.6 Å². The van der Waals surface area contributed by atoms with Gasteiger partial charge in [0.1, 0.15) is 5.75 Å². The third-order valence-electron chi connectivity index (χ3n) is 6.17. The lowest BCUT2D eigenvalue weighted by Crippen LogP contribution is -2.32. The van der Waals surface area contributed by atoms with Crippen molar-refractivity contribution < 1.29 is 28.3 Å². The molecule has 9 heteroatoms. The highest BCUT2D eigenvalue weighted by Gasteiger charge is 2.25. The van der Waals surface area contributed by atoms with E-state index in [4.69, 9.17) is 18.7 Å². The Hall–Kier alpha value is -3.85. The number of ether oxygens (including phenoxy) is 4. The van der Waals surface area contributed by atoms with Crippen molar-refractivity contribution in [3.63, 3.8) is 0 Å². The van der Waals surface area contributed by atoms with E-state index < -0.39 is 5.97 Å². The van der Waals surface area contributed by atoms with Crippen molar-refractivity contribution in [3.05, 3.63) is 71.4 Å². The SMILES string of the molecule is COC(=O)C=Cc1ccc(OCc2nc(C3CCN(Cc4cccc(OC)c4OC)CC3)no2)cc1. The molecule has 2 aromatic carbocycles. The summed E-state index contributed by atoms with van der Waals surface area (Å²) in [7, 11) is 4.67. The van der Waals surface area contributed by atoms with Gasteiger partial charge in [0.15, 0.2) is 23.9 Å². The van der Waals surface area contributed by atoms with Crippen molar-refractivity contribution >= 4 is 12.0 Å². The number of carbonyl (C=O) groups is 1. The van der Waals surface area contributed by atoms with Gasteiger partial charge in [0.25, 0.3) is 5.89 Å². The van der Waals surface area contributed by atoms with E-state index in [1.165, 1.54) is 13.2 Å². The molecule has 2 heterocycles. The highest BCUT2D eigenvalue weighted by Crippen LogP contribution is 2.33. The number of hydrogen-bond acceptors (Lipinski definition) is 9. The molecule has 3 aromatic rings. The molecule has 0 radical (unpaired) electrons. The van der Waals surface area contributed by atoms with Gasteiger partial charge in [-0.25, -0.2) is 4.79 Å². The molecular formula is C27H31N3O6. The summed E-state index contributed by atoms with van der Waals surface area (Å²) in [5, 5.41) is 4.20. The fraction of sp³-hybridized carbons (Fsp3) is 0.370. The van der Waals surface area contributed by atoms with Gasteiger partial charge in [0, 0.05) is 24.1 Å². The van der Waals surface area contributed by atoms with Gasteiger partial charge >= 0.3 is 5.97 Å². The van der Waals surface area contributed by atoms with Crippen LogP contribution in [-0.4, -0.2) is 55.4 Å². The molecule has 36 heavy (non-hydrogen) atoms.